The number of ether oxygens (including phenoxy) is 1. The van der Waals surface area contributed by atoms with Crippen molar-refractivity contribution >= 4 is 5.78 Å². The second kappa shape index (κ2) is 6.55. The lowest BCUT2D eigenvalue weighted by molar-refractivity contribution is -0.137. The molecule has 0 bridgehead atoms. The van der Waals surface area contributed by atoms with E-state index in [0.717, 1.165) is 12.1 Å². The van der Waals surface area contributed by atoms with Crippen molar-refractivity contribution in [2.24, 2.45) is 0 Å². The average molecular weight is 362 g/mol. The van der Waals surface area contributed by atoms with Gasteiger partial charge in [-0.3, -0.25) is 4.79 Å². The van der Waals surface area contributed by atoms with E-state index in [2.05, 4.69) is 5.10 Å². The summed E-state index contributed by atoms with van der Waals surface area (Å²) in [5, 5.41) is 13.8. The number of nitrogens with zero attached hydrogens (tertiary/aromatic N) is 2. The third-order valence-electron chi connectivity index (χ3n) is 3.73. The minimum atomic E-state index is -4.48. The van der Waals surface area contributed by atoms with E-state index in [0.29, 0.717) is 5.75 Å². The van der Waals surface area contributed by atoms with E-state index in [4.69, 9.17) is 4.74 Å². The third-order valence-corrected chi connectivity index (χ3v) is 3.73. The molecule has 0 atom stereocenters. The molecule has 2 aromatic carbocycles. The minimum Gasteiger partial charge on any atom is -0.507 e. The Bertz CT molecular complexity index is 964. The van der Waals surface area contributed by atoms with Crippen molar-refractivity contribution in [3.8, 4) is 17.2 Å². The molecule has 1 aromatic heterocycles. The van der Waals surface area contributed by atoms with Crippen LogP contribution in [0.25, 0.3) is 5.69 Å². The van der Waals surface area contributed by atoms with Crippen LogP contribution in [0.15, 0.2) is 54.9 Å². The Hall–Kier alpha value is -3.29. The predicted octanol–water partition coefficient (Wildman–Crippen LogP) is 3.84. The van der Waals surface area contributed by atoms with Gasteiger partial charge in [0.05, 0.1) is 35.7 Å². The van der Waals surface area contributed by atoms with E-state index in [-0.39, 0.29) is 22.6 Å². The fraction of sp³-hybridized carbons (Fsp3) is 0.111. The highest BCUT2D eigenvalue weighted by atomic mass is 19.4. The summed E-state index contributed by atoms with van der Waals surface area (Å²) >= 11 is 0. The Morgan fingerprint density at radius 2 is 1.96 bits per heavy atom. The molecule has 1 heterocycles. The van der Waals surface area contributed by atoms with E-state index in [1.54, 1.807) is 0 Å². The van der Waals surface area contributed by atoms with Crippen LogP contribution < -0.4 is 4.74 Å². The molecular weight excluding hydrogens is 349 g/mol. The predicted molar refractivity (Wildman–Crippen MR) is 86.7 cm³/mol. The fourth-order valence-corrected chi connectivity index (χ4v) is 2.39. The fourth-order valence-electron chi connectivity index (χ4n) is 2.39. The maximum atomic E-state index is 12.8. The SMILES string of the molecule is COc1ccc(O)c(C(=O)c2cnn(-c3cccc(C(F)(F)F)c3)c2)c1. The smallest absolute Gasteiger partial charge is 0.416 e. The summed E-state index contributed by atoms with van der Waals surface area (Å²) in [6, 6.07) is 8.78. The standard InChI is InChI=1S/C18H13F3N2O3/c1-26-14-5-6-16(24)15(8-14)17(25)11-9-22-23(10-11)13-4-2-3-12(7-13)18(19,20)21/h2-10,24H,1H3. The normalized spacial score (nSPS) is 11.4. The molecule has 0 aliphatic heterocycles. The Morgan fingerprint density at radius 3 is 2.65 bits per heavy atom. The van der Waals surface area contributed by atoms with Gasteiger partial charge in [-0.25, -0.2) is 4.68 Å². The first-order chi connectivity index (χ1) is 12.3. The van der Waals surface area contributed by atoms with Crippen LogP contribution in [0.2, 0.25) is 0 Å². The average Bonchev–Trinajstić information content (AvgIpc) is 3.11. The molecule has 0 amide bonds. The second-order valence-electron chi connectivity index (χ2n) is 5.43. The number of phenols is 1. The van der Waals surface area contributed by atoms with Gasteiger partial charge in [0.2, 0.25) is 0 Å². The van der Waals surface area contributed by atoms with Crippen LogP contribution in [-0.2, 0) is 6.18 Å². The Balaban J connectivity index is 1.95. The van der Waals surface area contributed by atoms with Crippen molar-refractivity contribution in [1.82, 2.24) is 9.78 Å². The number of hydrogen-bond acceptors (Lipinski definition) is 4. The lowest BCUT2D eigenvalue weighted by atomic mass is 10.1. The zero-order valence-electron chi connectivity index (χ0n) is 13.5. The first kappa shape index (κ1) is 17.5. The second-order valence-corrected chi connectivity index (χ2v) is 5.43. The van der Waals surface area contributed by atoms with Crippen molar-refractivity contribution < 1.29 is 27.8 Å². The molecule has 0 saturated carbocycles. The third kappa shape index (κ3) is 3.39. The number of methoxy groups -OCH3 is 1. The lowest BCUT2D eigenvalue weighted by Crippen LogP contribution is -2.06. The number of phenolic OH excluding ortho intramolecular Hbond substituents is 1. The summed E-state index contributed by atoms with van der Waals surface area (Å²) < 4.78 is 44.7. The van der Waals surface area contributed by atoms with Crippen molar-refractivity contribution in [2.75, 3.05) is 7.11 Å². The number of rotatable bonds is 4. The zero-order chi connectivity index (χ0) is 18.9. The van der Waals surface area contributed by atoms with Gasteiger partial charge in [0, 0.05) is 6.20 Å². The molecule has 0 fully saturated rings. The van der Waals surface area contributed by atoms with Crippen molar-refractivity contribution in [3.63, 3.8) is 0 Å². The van der Waals surface area contributed by atoms with E-state index in [1.807, 2.05) is 0 Å². The van der Waals surface area contributed by atoms with Gasteiger partial charge in [-0.2, -0.15) is 18.3 Å². The molecule has 5 nitrogen and oxygen atoms in total. The van der Waals surface area contributed by atoms with E-state index in [1.165, 1.54) is 54.5 Å². The Labute approximate surface area is 146 Å². The number of carbonyl (C=O) groups is 1. The molecule has 134 valence electrons. The van der Waals surface area contributed by atoms with Gasteiger partial charge in [0.25, 0.3) is 0 Å². The van der Waals surface area contributed by atoms with Gasteiger partial charge in [-0.15, -0.1) is 0 Å². The number of hydrogen-bond donors (Lipinski definition) is 1. The first-order valence-corrected chi connectivity index (χ1v) is 7.43. The molecule has 1 N–H and O–H groups in total. The molecule has 3 rings (SSSR count). The van der Waals surface area contributed by atoms with Crippen LogP contribution in [-0.4, -0.2) is 27.8 Å². The summed E-state index contributed by atoms with van der Waals surface area (Å²) in [6.07, 6.45) is -1.95. The minimum absolute atomic E-state index is 0.00735. The first-order valence-electron chi connectivity index (χ1n) is 7.43. The van der Waals surface area contributed by atoms with Gasteiger partial charge in [-0.1, -0.05) is 6.07 Å². The molecule has 26 heavy (non-hydrogen) atoms. The molecular formula is C18H13F3N2O3. The summed E-state index contributed by atoms with van der Waals surface area (Å²) in [7, 11) is 1.42. The molecule has 0 aliphatic rings. The topological polar surface area (TPSA) is 64.3 Å². The molecule has 0 radical (unpaired) electrons. The number of aromatic nitrogens is 2. The van der Waals surface area contributed by atoms with Crippen LogP contribution in [0.3, 0.4) is 0 Å². The van der Waals surface area contributed by atoms with Crippen LogP contribution in [0.4, 0.5) is 13.2 Å². The molecule has 8 heteroatoms. The van der Waals surface area contributed by atoms with E-state index < -0.39 is 17.5 Å². The number of benzene rings is 2. The molecule has 3 aromatic rings. The molecule has 0 aliphatic carbocycles. The highest BCUT2D eigenvalue weighted by Gasteiger charge is 2.30. The Kier molecular flexibility index (Phi) is 4.41. The summed E-state index contributed by atoms with van der Waals surface area (Å²) in [4.78, 5) is 12.6. The summed E-state index contributed by atoms with van der Waals surface area (Å²) in [5.41, 5.74) is -0.531. The number of ketones is 1. The lowest BCUT2D eigenvalue weighted by Gasteiger charge is -2.08. The van der Waals surface area contributed by atoms with Gasteiger partial charge in [0.15, 0.2) is 5.78 Å². The number of aromatic hydroxyl groups is 1. The van der Waals surface area contributed by atoms with E-state index >= 15 is 0 Å². The van der Waals surface area contributed by atoms with Crippen molar-refractivity contribution in [3.05, 3.63) is 71.5 Å². The summed E-state index contributed by atoms with van der Waals surface area (Å²) in [6.45, 7) is 0. The number of carbonyl (C=O) groups excluding carboxylic acids is 1. The van der Waals surface area contributed by atoms with Gasteiger partial charge in [0.1, 0.15) is 11.5 Å². The highest BCUT2D eigenvalue weighted by Crippen LogP contribution is 2.30. The molecule has 0 saturated heterocycles. The number of halogens is 3. The van der Waals surface area contributed by atoms with Crippen LogP contribution in [0.5, 0.6) is 11.5 Å². The summed E-state index contributed by atoms with van der Waals surface area (Å²) in [5.74, 6) is -0.376. The molecule has 0 spiro atoms. The molecule has 0 unspecified atom stereocenters. The largest absolute Gasteiger partial charge is 0.507 e. The van der Waals surface area contributed by atoms with Crippen LogP contribution in [0.1, 0.15) is 21.5 Å². The zero-order valence-corrected chi connectivity index (χ0v) is 13.5. The van der Waals surface area contributed by atoms with E-state index in [9.17, 15) is 23.1 Å². The van der Waals surface area contributed by atoms with Gasteiger partial charge < -0.3 is 9.84 Å². The van der Waals surface area contributed by atoms with Crippen LogP contribution in [0, 0.1) is 0 Å². The Morgan fingerprint density at radius 1 is 1.19 bits per heavy atom. The number of alkyl halides is 3. The van der Waals surface area contributed by atoms with Crippen molar-refractivity contribution in [1.29, 1.82) is 0 Å². The maximum Gasteiger partial charge on any atom is 0.416 e. The quantitative estimate of drug-likeness (QED) is 0.717. The maximum absolute atomic E-state index is 12.8. The van der Waals surface area contributed by atoms with Crippen molar-refractivity contribution in [2.45, 2.75) is 6.18 Å². The van der Waals surface area contributed by atoms with Crippen LogP contribution >= 0.6 is 0 Å². The highest BCUT2D eigenvalue weighted by molar-refractivity contribution is 6.10. The monoisotopic (exact) mass is 362 g/mol. The van der Waals surface area contributed by atoms with Gasteiger partial charge >= 0.3 is 6.18 Å². The van der Waals surface area contributed by atoms with Gasteiger partial charge in [-0.05, 0) is 36.4 Å².